The van der Waals surface area contributed by atoms with E-state index in [1.807, 2.05) is 60.7 Å². The van der Waals surface area contributed by atoms with E-state index in [0.717, 1.165) is 11.1 Å². The number of carboxylic acid groups (broad SMARTS) is 1. The van der Waals surface area contributed by atoms with Crippen LogP contribution in [0.3, 0.4) is 0 Å². The maximum atomic E-state index is 12.5. The fourth-order valence-corrected chi connectivity index (χ4v) is 3.23. The van der Waals surface area contributed by atoms with Gasteiger partial charge in [-0.1, -0.05) is 66.7 Å². The maximum absolute atomic E-state index is 12.5. The lowest BCUT2D eigenvalue weighted by Gasteiger charge is -2.12. The Balaban J connectivity index is 1.55. The molecule has 3 aromatic carbocycles. The number of para-hydroxylation sites is 2. The Morgan fingerprint density at radius 2 is 1.64 bits per heavy atom. The summed E-state index contributed by atoms with van der Waals surface area (Å²) in [7, 11) is 0. The van der Waals surface area contributed by atoms with E-state index in [1.165, 1.54) is 0 Å². The van der Waals surface area contributed by atoms with Crippen molar-refractivity contribution in [2.24, 2.45) is 0 Å². The van der Waals surface area contributed by atoms with Crippen molar-refractivity contribution >= 4 is 23.6 Å². The van der Waals surface area contributed by atoms with Crippen LogP contribution in [0.15, 0.2) is 84.9 Å². The Labute approximate surface area is 193 Å². The van der Waals surface area contributed by atoms with E-state index in [1.54, 1.807) is 30.4 Å². The molecule has 0 aliphatic heterocycles. The number of aliphatic hydroxyl groups excluding tert-OH is 1. The minimum atomic E-state index is -0.856. The highest BCUT2D eigenvalue weighted by Crippen LogP contribution is 2.21. The fraction of sp³-hybridized carbons (Fsp3) is 0.185. The molecule has 3 rings (SSSR count). The minimum Gasteiger partial charge on any atom is -0.493 e. The number of rotatable bonds is 11. The zero-order valence-corrected chi connectivity index (χ0v) is 18.2. The van der Waals surface area contributed by atoms with E-state index < -0.39 is 12.1 Å². The van der Waals surface area contributed by atoms with Gasteiger partial charge in [0.25, 0.3) is 5.91 Å². The number of benzene rings is 3. The van der Waals surface area contributed by atoms with E-state index in [2.05, 4.69) is 5.32 Å². The first-order valence-electron chi connectivity index (χ1n) is 10.8. The van der Waals surface area contributed by atoms with Crippen LogP contribution in [0.25, 0.3) is 6.08 Å². The van der Waals surface area contributed by atoms with Crippen LogP contribution < -0.4 is 10.1 Å². The van der Waals surface area contributed by atoms with Gasteiger partial charge in [0.15, 0.2) is 0 Å². The topological polar surface area (TPSA) is 95.9 Å². The summed E-state index contributed by atoms with van der Waals surface area (Å²) < 4.78 is 5.77. The Bertz CT molecular complexity index is 1090. The quantitative estimate of drug-likeness (QED) is 0.394. The van der Waals surface area contributed by atoms with Gasteiger partial charge in [0.2, 0.25) is 0 Å². The molecule has 1 atom stereocenters. The molecule has 0 fully saturated rings. The van der Waals surface area contributed by atoms with Crippen LogP contribution in [0.5, 0.6) is 5.75 Å². The lowest BCUT2D eigenvalue weighted by Crippen LogP contribution is -2.12. The highest BCUT2D eigenvalue weighted by molar-refractivity contribution is 6.05. The zero-order chi connectivity index (χ0) is 23.5. The van der Waals surface area contributed by atoms with Crippen LogP contribution in [-0.4, -0.2) is 34.8 Å². The van der Waals surface area contributed by atoms with Crippen molar-refractivity contribution < 1.29 is 24.5 Å². The summed E-state index contributed by atoms with van der Waals surface area (Å²) >= 11 is 0. The number of carbonyl (C=O) groups is 2. The van der Waals surface area contributed by atoms with Crippen molar-refractivity contribution in [3.63, 3.8) is 0 Å². The first kappa shape index (κ1) is 23.8. The average molecular weight is 446 g/mol. The number of aliphatic carboxylic acids is 1. The second-order valence-electron chi connectivity index (χ2n) is 7.47. The van der Waals surface area contributed by atoms with E-state index in [9.17, 15) is 14.7 Å². The van der Waals surface area contributed by atoms with Crippen LogP contribution >= 0.6 is 0 Å². The summed E-state index contributed by atoms with van der Waals surface area (Å²) in [6.45, 7) is 0.280. The zero-order valence-electron chi connectivity index (χ0n) is 18.2. The van der Waals surface area contributed by atoms with Crippen LogP contribution in [0.2, 0.25) is 0 Å². The largest absolute Gasteiger partial charge is 0.493 e. The van der Waals surface area contributed by atoms with E-state index in [4.69, 9.17) is 9.84 Å². The average Bonchev–Trinajstić information content (AvgIpc) is 2.83. The molecule has 0 radical (unpaired) electrons. The first-order valence-corrected chi connectivity index (χ1v) is 10.8. The minimum absolute atomic E-state index is 0.0337. The number of carbonyl (C=O) groups excluding carboxylic acids is 1. The van der Waals surface area contributed by atoms with Gasteiger partial charge in [0, 0.05) is 24.1 Å². The third-order valence-electron chi connectivity index (χ3n) is 4.99. The summed E-state index contributed by atoms with van der Waals surface area (Å²) in [5, 5.41) is 22.1. The van der Waals surface area contributed by atoms with Gasteiger partial charge in [0.1, 0.15) is 5.75 Å². The number of ether oxygens (including phenoxy) is 1. The molecule has 0 bridgehead atoms. The number of amides is 1. The number of aryl methyl sites for hydroxylation is 1. The number of nitrogens with one attached hydrogen (secondary N) is 1. The molecule has 0 aliphatic carbocycles. The normalized spacial score (nSPS) is 11.8. The molecule has 0 aliphatic rings. The molecule has 0 heterocycles. The van der Waals surface area contributed by atoms with Gasteiger partial charge in [-0.05, 0) is 41.8 Å². The van der Waals surface area contributed by atoms with Gasteiger partial charge < -0.3 is 20.3 Å². The van der Waals surface area contributed by atoms with Crippen LogP contribution in [0, 0.1) is 0 Å². The lowest BCUT2D eigenvalue weighted by atomic mass is 10.1. The number of carboxylic acids is 1. The van der Waals surface area contributed by atoms with Gasteiger partial charge in [-0.15, -0.1) is 0 Å². The maximum Gasteiger partial charge on any atom is 0.303 e. The van der Waals surface area contributed by atoms with Gasteiger partial charge >= 0.3 is 5.97 Å². The van der Waals surface area contributed by atoms with Crippen molar-refractivity contribution in [2.75, 3.05) is 11.9 Å². The molecule has 1 amide bonds. The molecule has 3 N–H and O–H groups in total. The van der Waals surface area contributed by atoms with Crippen molar-refractivity contribution in [3.8, 4) is 5.75 Å². The van der Waals surface area contributed by atoms with Gasteiger partial charge in [-0.3, -0.25) is 9.59 Å². The van der Waals surface area contributed by atoms with Crippen molar-refractivity contribution in [1.82, 2.24) is 0 Å². The van der Waals surface area contributed by atoms with E-state index in [-0.39, 0.29) is 18.9 Å². The number of aliphatic hydroxyl groups is 1. The Morgan fingerprint density at radius 1 is 0.939 bits per heavy atom. The SMILES string of the molecule is O=C(O)CCc1ccccc1OCCC(O)/C=C/c1ccccc1NC(=O)c1ccccc1. The van der Waals surface area contributed by atoms with Crippen molar-refractivity contribution in [3.05, 3.63) is 102 Å². The second-order valence-corrected chi connectivity index (χ2v) is 7.47. The van der Waals surface area contributed by atoms with Crippen LogP contribution in [-0.2, 0) is 11.2 Å². The molecule has 170 valence electrons. The van der Waals surface area contributed by atoms with Gasteiger partial charge in [-0.2, -0.15) is 0 Å². The molecule has 0 saturated carbocycles. The third-order valence-corrected chi connectivity index (χ3v) is 4.99. The molecule has 6 heteroatoms. The van der Waals surface area contributed by atoms with E-state index >= 15 is 0 Å². The fourth-order valence-electron chi connectivity index (χ4n) is 3.23. The molecule has 3 aromatic rings. The van der Waals surface area contributed by atoms with Crippen LogP contribution in [0.1, 0.15) is 34.3 Å². The lowest BCUT2D eigenvalue weighted by molar-refractivity contribution is -0.136. The highest BCUT2D eigenvalue weighted by Gasteiger charge is 2.09. The first-order chi connectivity index (χ1) is 16.0. The Kier molecular flexibility index (Phi) is 8.79. The monoisotopic (exact) mass is 445 g/mol. The molecular formula is C27H27NO5. The molecular weight excluding hydrogens is 418 g/mol. The van der Waals surface area contributed by atoms with Gasteiger partial charge in [0.05, 0.1) is 12.7 Å². The highest BCUT2D eigenvalue weighted by atomic mass is 16.5. The number of hydrogen-bond donors (Lipinski definition) is 3. The van der Waals surface area contributed by atoms with E-state index in [0.29, 0.717) is 29.8 Å². The number of hydrogen-bond acceptors (Lipinski definition) is 4. The standard InChI is InChI=1S/C27H27NO5/c29-23(18-19-33-25-13-7-5-9-21(25)15-17-26(30)31)16-14-20-8-4-6-12-24(20)28-27(32)22-10-2-1-3-11-22/h1-14,16,23,29H,15,17-19H2,(H,28,32)(H,30,31)/b16-14+. The summed E-state index contributed by atoms with van der Waals surface area (Å²) in [6, 6.07) is 23.6. The molecule has 0 saturated heterocycles. The molecule has 6 nitrogen and oxygen atoms in total. The summed E-state index contributed by atoms with van der Waals surface area (Å²) in [6.07, 6.45) is 3.47. The van der Waals surface area contributed by atoms with Gasteiger partial charge in [-0.25, -0.2) is 0 Å². The summed E-state index contributed by atoms with van der Waals surface area (Å²) in [4.78, 5) is 23.3. The smallest absolute Gasteiger partial charge is 0.303 e. The summed E-state index contributed by atoms with van der Waals surface area (Å²) in [5.41, 5.74) is 2.82. The Hall–Kier alpha value is -3.90. The third kappa shape index (κ3) is 7.63. The predicted octanol–water partition coefficient (Wildman–Crippen LogP) is 4.80. The Morgan fingerprint density at radius 3 is 2.42 bits per heavy atom. The molecule has 33 heavy (non-hydrogen) atoms. The van der Waals surface area contributed by atoms with Crippen molar-refractivity contribution in [2.45, 2.75) is 25.4 Å². The summed E-state index contributed by atoms with van der Waals surface area (Å²) in [5.74, 6) is -0.429. The number of anilines is 1. The second kappa shape index (κ2) is 12.2. The predicted molar refractivity (Wildman–Crippen MR) is 128 cm³/mol. The van der Waals surface area contributed by atoms with Crippen LogP contribution in [0.4, 0.5) is 5.69 Å². The molecule has 1 unspecified atom stereocenters. The van der Waals surface area contributed by atoms with Crippen molar-refractivity contribution in [1.29, 1.82) is 0 Å². The molecule has 0 spiro atoms. The molecule has 0 aromatic heterocycles.